The summed E-state index contributed by atoms with van der Waals surface area (Å²) < 4.78 is 22.8. The number of likely N-dealkylation sites (tertiary alicyclic amines) is 1. The molecule has 2 heterocycles. The first kappa shape index (κ1) is 10.9. The molecule has 5 heteroatoms. The van der Waals surface area contributed by atoms with Crippen molar-refractivity contribution in [2.75, 3.05) is 24.6 Å². The Morgan fingerprint density at radius 1 is 1.13 bits per heavy atom. The predicted molar refractivity (Wildman–Crippen MR) is 57.2 cm³/mol. The average Bonchev–Trinajstić information content (AvgIpc) is 2.67. The van der Waals surface area contributed by atoms with Crippen molar-refractivity contribution in [2.45, 2.75) is 25.7 Å². The number of carbonyl (C=O) groups is 1. The van der Waals surface area contributed by atoms with E-state index in [9.17, 15) is 13.2 Å². The van der Waals surface area contributed by atoms with Crippen LogP contribution in [0, 0.1) is 5.92 Å². The van der Waals surface area contributed by atoms with E-state index in [4.69, 9.17) is 0 Å². The SMILES string of the molecule is O=C(C1CCCS(=O)(=O)C1)N1CCCC1. The molecule has 1 amide bonds. The summed E-state index contributed by atoms with van der Waals surface area (Å²) in [6.07, 6.45) is 3.51. The van der Waals surface area contributed by atoms with E-state index in [0.29, 0.717) is 6.42 Å². The van der Waals surface area contributed by atoms with Gasteiger partial charge < -0.3 is 4.90 Å². The summed E-state index contributed by atoms with van der Waals surface area (Å²) in [6, 6.07) is 0. The second-order valence-electron chi connectivity index (χ2n) is 4.49. The van der Waals surface area contributed by atoms with Crippen LogP contribution in [0.4, 0.5) is 0 Å². The van der Waals surface area contributed by atoms with Gasteiger partial charge in [-0.25, -0.2) is 8.42 Å². The van der Waals surface area contributed by atoms with Crippen LogP contribution in [0.15, 0.2) is 0 Å². The van der Waals surface area contributed by atoms with Gasteiger partial charge in [0.25, 0.3) is 0 Å². The van der Waals surface area contributed by atoms with E-state index in [1.165, 1.54) is 0 Å². The van der Waals surface area contributed by atoms with E-state index in [1.54, 1.807) is 0 Å². The van der Waals surface area contributed by atoms with Crippen LogP contribution in [0.1, 0.15) is 25.7 Å². The molecular weight excluding hydrogens is 214 g/mol. The molecule has 1 unspecified atom stereocenters. The first-order valence-electron chi connectivity index (χ1n) is 5.58. The molecule has 0 aromatic rings. The molecule has 0 spiro atoms. The smallest absolute Gasteiger partial charge is 0.226 e. The molecule has 0 N–H and O–H groups in total. The normalized spacial score (nSPS) is 30.4. The number of sulfone groups is 1. The third kappa shape index (κ3) is 2.51. The van der Waals surface area contributed by atoms with Crippen molar-refractivity contribution in [3.63, 3.8) is 0 Å². The summed E-state index contributed by atoms with van der Waals surface area (Å²) in [5.74, 6) is 0.136. The lowest BCUT2D eigenvalue weighted by Crippen LogP contribution is -2.39. The highest BCUT2D eigenvalue weighted by Crippen LogP contribution is 2.22. The van der Waals surface area contributed by atoms with Crippen molar-refractivity contribution in [2.24, 2.45) is 5.92 Å². The minimum absolute atomic E-state index is 0.0655. The lowest BCUT2D eigenvalue weighted by molar-refractivity contribution is -0.134. The largest absolute Gasteiger partial charge is 0.342 e. The molecule has 2 aliphatic heterocycles. The van der Waals surface area contributed by atoms with Gasteiger partial charge in [-0.2, -0.15) is 0 Å². The molecule has 0 radical (unpaired) electrons. The van der Waals surface area contributed by atoms with Crippen molar-refractivity contribution in [3.05, 3.63) is 0 Å². The third-order valence-electron chi connectivity index (χ3n) is 3.23. The highest BCUT2D eigenvalue weighted by molar-refractivity contribution is 7.91. The van der Waals surface area contributed by atoms with Crippen LogP contribution in [0.5, 0.6) is 0 Å². The summed E-state index contributed by atoms with van der Waals surface area (Å²) in [5.41, 5.74) is 0. The molecule has 4 nitrogen and oxygen atoms in total. The molecule has 1 atom stereocenters. The Kier molecular flexibility index (Phi) is 3.00. The predicted octanol–water partition coefficient (Wildman–Crippen LogP) is 0.434. The Hall–Kier alpha value is -0.580. The lowest BCUT2D eigenvalue weighted by atomic mass is 10.0. The summed E-state index contributed by atoms with van der Waals surface area (Å²) in [4.78, 5) is 13.8. The second-order valence-corrected chi connectivity index (χ2v) is 6.71. The minimum atomic E-state index is -2.95. The fourth-order valence-electron chi connectivity index (χ4n) is 2.41. The van der Waals surface area contributed by atoms with E-state index in [0.717, 1.165) is 32.4 Å². The highest BCUT2D eigenvalue weighted by Gasteiger charge is 2.33. The van der Waals surface area contributed by atoms with Gasteiger partial charge in [0.2, 0.25) is 5.91 Å². The molecule has 2 fully saturated rings. The number of rotatable bonds is 1. The second kappa shape index (κ2) is 4.12. The van der Waals surface area contributed by atoms with Crippen LogP contribution in [-0.2, 0) is 14.6 Å². The van der Waals surface area contributed by atoms with Gasteiger partial charge in [0, 0.05) is 13.1 Å². The molecule has 15 heavy (non-hydrogen) atoms. The van der Waals surface area contributed by atoms with Gasteiger partial charge in [0.05, 0.1) is 17.4 Å². The first-order valence-corrected chi connectivity index (χ1v) is 7.40. The molecule has 86 valence electrons. The Balaban J connectivity index is 2.00. The van der Waals surface area contributed by atoms with Gasteiger partial charge in [0.1, 0.15) is 0 Å². The van der Waals surface area contributed by atoms with E-state index in [1.807, 2.05) is 4.90 Å². The maximum atomic E-state index is 11.9. The van der Waals surface area contributed by atoms with Gasteiger partial charge in [-0.1, -0.05) is 0 Å². The van der Waals surface area contributed by atoms with Crippen LogP contribution in [0.3, 0.4) is 0 Å². The van der Waals surface area contributed by atoms with Crippen molar-refractivity contribution in [1.82, 2.24) is 4.90 Å². The number of nitrogens with zero attached hydrogens (tertiary/aromatic N) is 1. The zero-order valence-electron chi connectivity index (χ0n) is 8.81. The molecule has 2 rings (SSSR count). The Morgan fingerprint density at radius 2 is 1.80 bits per heavy atom. The maximum Gasteiger partial charge on any atom is 0.226 e. The van der Waals surface area contributed by atoms with Crippen LogP contribution in [-0.4, -0.2) is 43.8 Å². The summed E-state index contributed by atoms with van der Waals surface area (Å²) in [6.45, 7) is 1.63. The van der Waals surface area contributed by atoms with Crippen LogP contribution in [0.25, 0.3) is 0 Å². The zero-order chi connectivity index (χ0) is 10.9. The van der Waals surface area contributed by atoms with Crippen LogP contribution >= 0.6 is 0 Å². The maximum absolute atomic E-state index is 11.9. The fraction of sp³-hybridized carbons (Fsp3) is 0.900. The zero-order valence-corrected chi connectivity index (χ0v) is 9.63. The van der Waals surface area contributed by atoms with Crippen molar-refractivity contribution in [1.29, 1.82) is 0 Å². The quantitative estimate of drug-likeness (QED) is 0.658. The third-order valence-corrected chi connectivity index (χ3v) is 5.05. The van der Waals surface area contributed by atoms with Crippen LogP contribution < -0.4 is 0 Å². The minimum Gasteiger partial charge on any atom is -0.342 e. The molecule has 2 saturated heterocycles. The van der Waals surface area contributed by atoms with Gasteiger partial charge >= 0.3 is 0 Å². The van der Waals surface area contributed by atoms with Crippen molar-refractivity contribution in [3.8, 4) is 0 Å². The molecule has 0 saturated carbocycles. The lowest BCUT2D eigenvalue weighted by Gasteiger charge is -2.25. The van der Waals surface area contributed by atoms with E-state index >= 15 is 0 Å². The summed E-state index contributed by atoms with van der Waals surface area (Å²) in [5, 5.41) is 0. The molecule has 0 aliphatic carbocycles. The monoisotopic (exact) mass is 231 g/mol. The fourth-order valence-corrected chi connectivity index (χ4v) is 4.11. The summed E-state index contributed by atoms with van der Waals surface area (Å²) in [7, 11) is -2.95. The number of hydrogen-bond donors (Lipinski definition) is 0. The van der Waals surface area contributed by atoms with E-state index < -0.39 is 9.84 Å². The first-order chi connectivity index (χ1) is 7.08. The van der Waals surface area contributed by atoms with Crippen LogP contribution in [0.2, 0.25) is 0 Å². The van der Waals surface area contributed by atoms with Crippen molar-refractivity contribution >= 4 is 15.7 Å². The number of amides is 1. The van der Waals surface area contributed by atoms with Gasteiger partial charge in [-0.15, -0.1) is 0 Å². The van der Waals surface area contributed by atoms with Gasteiger partial charge in [-0.05, 0) is 25.7 Å². The molecule has 0 aromatic heterocycles. The van der Waals surface area contributed by atoms with Gasteiger partial charge in [0.15, 0.2) is 9.84 Å². The molecule has 2 aliphatic rings. The standard InChI is InChI=1S/C10H17NO3S/c12-10(11-5-1-2-6-11)9-4-3-7-15(13,14)8-9/h9H,1-8H2. The Labute approximate surface area is 90.6 Å². The molecular formula is C10H17NO3S. The Morgan fingerprint density at radius 3 is 2.40 bits per heavy atom. The number of hydrogen-bond acceptors (Lipinski definition) is 3. The van der Waals surface area contributed by atoms with E-state index in [-0.39, 0.29) is 23.3 Å². The molecule has 0 bridgehead atoms. The molecule has 0 aromatic carbocycles. The Bertz CT molecular complexity index is 344. The summed E-state index contributed by atoms with van der Waals surface area (Å²) >= 11 is 0. The topological polar surface area (TPSA) is 54.5 Å². The van der Waals surface area contributed by atoms with Crippen molar-refractivity contribution < 1.29 is 13.2 Å². The average molecular weight is 231 g/mol. The number of carbonyl (C=O) groups excluding carboxylic acids is 1. The highest BCUT2D eigenvalue weighted by atomic mass is 32.2. The van der Waals surface area contributed by atoms with E-state index in [2.05, 4.69) is 0 Å². The van der Waals surface area contributed by atoms with Gasteiger partial charge in [-0.3, -0.25) is 4.79 Å².